The molecule has 0 spiro atoms. The highest BCUT2D eigenvalue weighted by molar-refractivity contribution is 14.1. The zero-order valence-corrected chi connectivity index (χ0v) is 8.45. The van der Waals surface area contributed by atoms with E-state index in [0.29, 0.717) is 3.92 Å². The summed E-state index contributed by atoms with van der Waals surface area (Å²) in [5.74, 6) is -0.713. The van der Waals surface area contributed by atoms with E-state index in [1.54, 1.807) is 0 Å². The maximum absolute atomic E-state index is 10.3. The number of hydrogen-bond donors (Lipinski definition) is 1. The average Bonchev–Trinajstić information content (AvgIpc) is 1.85. The molecule has 0 radical (unpaired) electrons. The van der Waals surface area contributed by atoms with E-state index >= 15 is 0 Å². The largest absolute Gasteiger partial charge is 0.480 e. The zero-order chi connectivity index (χ0) is 8.27. The number of nitrogens with zero attached hydrogens (tertiary/aromatic N) is 1. The van der Waals surface area contributed by atoms with Gasteiger partial charge < -0.3 is 5.11 Å². The number of alkyl halides is 1. The lowest BCUT2D eigenvalue weighted by molar-refractivity contribution is -0.138. The first-order valence-corrected chi connectivity index (χ1v) is 5.01. The highest BCUT2D eigenvalue weighted by Gasteiger charge is 2.18. The van der Waals surface area contributed by atoms with Gasteiger partial charge in [0.2, 0.25) is 0 Å². The summed E-state index contributed by atoms with van der Waals surface area (Å²) >= 11 is 2.38. The van der Waals surface area contributed by atoms with Crippen LogP contribution in [0.1, 0.15) is 12.8 Å². The van der Waals surface area contributed by atoms with E-state index < -0.39 is 5.97 Å². The molecule has 11 heavy (non-hydrogen) atoms. The molecule has 1 aliphatic heterocycles. The Balaban J connectivity index is 2.28. The van der Waals surface area contributed by atoms with E-state index in [0.717, 1.165) is 19.5 Å². The van der Waals surface area contributed by atoms with Crippen molar-refractivity contribution in [3.05, 3.63) is 0 Å². The van der Waals surface area contributed by atoms with Crippen LogP contribution in [-0.4, -0.2) is 39.5 Å². The van der Waals surface area contributed by atoms with Gasteiger partial charge in [-0.25, -0.2) is 0 Å². The number of halogens is 1. The third-order valence-electron chi connectivity index (χ3n) is 1.81. The number of likely N-dealkylation sites (tertiary alicyclic amines) is 1. The summed E-state index contributed by atoms with van der Waals surface area (Å²) in [6, 6.07) is 0. The maximum Gasteiger partial charge on any atom is 0.317 e. The van der Waals surface area contributed by atoms with Crippen LogP contribution >= 0.6 is 22.6 Å². The fourth-order valence-corrected chi connectivity index (χ4v) is 2.33. The van der Waals surface area contributed by atoms with Crippen molar-refractivity contribution in [2.45, 2.75) is 16.8 Å². The molecular weight excluding hydrogens is 257 g/mol. The third kappa shape index (κ3) is 3.37. The van der Waals surface area contributed by atoms with Gasteiger partial charge in [-0.1, -0.05) is 22.6 Å². The summed E-state index contributed by atoms with van der Waals surface area (Å²) in [4.78, 5) is 12.3. The molecule has 1 saturated heterocycles. The molecule has 0 saturated carbocycles. The van der Waals surface area contributed by atoms with Crippen LogP contribution < -0.4 is 0 Å². The number of piperidine rings is 1. The van der Waals surface area contributed by atoms with E-state index in [-0.39, 0.29) is 6.54 Å². The lowest BCUT2D eigenvalue weighted by Gasteiger charge is -2.28. The number of carboxylic acid groups (broad SMARTS) is 1. The number of aliphatic carboxylic acids is 1. The second-order valence-corrected chi connectivity index (χ2v) is 4.63. The second kappa shape index (κ2) is 4.25. The molecule has 1 fully saturated rings. The van der Waals surface area contributed by atoms with Crippen LogP contribution in [0.3, 0.4) is 0 Å². The Morgan fingerprint density at radius 1 is 1.73 bits per heavy atom. The highest BCUT2D eigenvalue weighted by Crippen LogP contribution is 2.16. The molecule has 0 bridgehead atoms. The summed E-state index contributed by atoms with van der Waals surface area (Å²) in [5, 5.41) is 8.51. The first-order chi connectivity index (χ1) is 5.18. The van der Waals surface area contributed by atoms with Crippen LogP contribution in [0.4, 0.5) is 0 Å². The second-order valence-electron chi connectivity index (χ2n) is 2.87. The van der Waals surface area contributed by atoms with E-state index in [4.69, 9.17) is 5.11 Å². The Bertz CT molecular complexity index is 151. The Hall–Kier alpha value is 0.160. The Morgan fingerprint density at radius 3 is 3.00 bits per heavy atom. The summed E-state index contributed by atoms with van der Waals surface area (Å²) < 4.78 is 0.640. The molecule has 0 aromatic carbocycles. The number of carbonyl (C=O) groups is 1. The first kappa shape index (κ1) is 9.25. The molecule has 0 unspecified atom stereocenters. The van der Waals surface area contributed by atoms with Gasteiger partial charge in [-0.2, -0.15) is 0 Å². The van der Waals surface area contributed by atoms with Crippen LogP contribution in [-0.2, 0) is 4.79 Å². The minimum atomic E-state index is -0.713. The highest BCUT2D eigenvalue weighted by atomic mass is 127. The Morgan fingerprint density at radius 2 is 2.45 bits per heavy atom. The van der Waals surface area contributed by atoms with E-state index in [2.05, 4.69) is 22.6 Å². The van der Waals surface area contributed by atoms with Crippen molar-refractivity contribution in [2.24, 2.45) is 0 Å². The summed E-state index contributed by atoms with van der Waals surface area (Å²) in [6.45, 7) is 2.10. The molecule has 0 aromatic heterocycles. The van der Waals surface area contributed by atoms with Crippen LogP contribution in [0.2, 0.25) is 0 Å². The van der Waals surface area contributed by atoms with Crippen LogP contribution in [0.25, 0.3) is 0 Å². The van der Waals surface area contributed by atoms with Gasteiger partial charge >= 0.3 is 5.97 Å². The van der Waals surface area contributed by atoms with Crippen molar-refractivity contribution in [1.82, 2.24) is 4.90 Å². The third-order valence-corrected chi connectivity index (χ3v) is 2.82. The topological polar surface area (TPSA) is 40.5 Å². The normalized spacial score (nSPS) is 26.8. The molecule has 1 N–H and O–H groups in total. The molecule has 0 amide bonds. The van der Waals surface area contributed by atoms with Crippen LogP contribution in [0, 0.1) is 0 Å². The van der Waals surface area contributed by atoms with E-state index in [9.17, 15) is 4.79 Å². The van der Waals surface area contributed by atoms with Crippen LogP contribution in [0.15, 0.2) is 0 Å². The van der Waals surface area contributed by atoms with Crippen LogP contribution in [0.5, 0.6) is 0 Å². The molecule has 1 atom stereocenters. The molecule has 0 aliphatic carbocycles. The van der Waals surface area contributed by atoms with Crippen molar-refractivity contribution < 1.29 is 9.90 Å². The quantitative estimate of drug-likeness (QED) is 0.600. The molecule has 3 nitrogen and oxygen atoms in total. The van der Waals surface area contributed by atoms with Gasteiger partial charge in [0, 0.05) is 10.5 Å². The fraction of sp³-hybridized carbons (Fsp3) is 0.857. The zero-order valence-electron chi connectivity index (χ0n) is 6.29. The lowest BCUT2D eigenvalue weighted by Crippen LogP contribution is -2.38. The van der Waals surface area contributed by atoms with Gasteiger partial charge in [0.05, 0.1) is 6.54 Å². The molecular formula is C7H12INO2. The predicted molar refractivity (Wildman–Crippen MR) is 51.1 cm³/mol. The minimum absolute atomic E-state index is 0.208. The fourth-order valence-electron chi connectivity index (χ4n) is 1.33. The number of carboxylic acids is 1. The van der Waals surface area contributed by atoms with Crippen molar-refractivity contribution in [1.29, 1.82) is 0 Å². The molecule has 0 aromatic rings. The smallest absolute Gasteiger partial charge is 0.317 e. The summed E-state index contributed by atoms with van der Waals surface area (Å²) in [7, 11) is 0. The van der Waals surface area contributed by atoms with Crippen molar-refractivity contribution in [2.75, 3.05) is 19.6 Å². The van der Waals surface area contributed by atoms with Gasteiger partial charge in [0.25, 0.3) is 0 Å². The summed E-state index contributed by atoms with van der Waals surface area (Å²) in [5.41, 5.74) is 0. The standard InChI is InChI=1S/C7H12INO2/c8-6-2-1-3-9(4-6)5-7(10)11/h6H,1-5H2,(H,10,11)/t6-/m0/s1. The monoisotopic (exact) mass is 269 g/mol. The van der Waals surface area contributed by atoms with Crippen molar-refractivity contribution in [3.8, 4) is 0 Å². The molecule has 1 aliphatic rings. The average molecular weight is 269 g/mol. The summed E-state index contributed by atoms with van der Waals surface area (Å²) in [6.07, 6.45) is 2.37. The van der Waals surface area contributed by atoms with Gasteiger partial charge in [-0.05, 0) is 19.4 Å². The lowest BCUT2D eigenvalue weighted by atomic mass is 10.1. The predicted octanol–water partition coefficient (Wildman–Crippen LogP) is 0.970. The van der Waals surface area contributed by atoms with Gasteiger partial charge in [-0.15, -0.1) is 0 Å². The van der Waals surface area contributed by atoms with Gasteiger partial charge in [-0.3, -0.25) is 9.69 Å². The van der Waals surface area contributed by atoms with Crippen molar-refractivity contribution >= 4 is 28.6 Å². The molecule has 4 heteroatoms. The van der Waals surface area contributed by atoms with Crippen molar-refractivity contribution in [3.63, 3.8) is 0 Å². The number of rotatable bonds is 2. The molecule has 1 heterocycles. The Labute approximate surface area is 79.9 Å². The SMILES string of the molecule is O=C(O)CN1CCC[C@H](I)C1. The number of hydrogen-bond acceptors (Lipinski definition) is 2. The Kier molecular flexibility index (Phi) is 3.58. The van der Waals surface area contributed by atoms with E-state index in [1.807, 2.05) is 4.90 Å². The molecule has 1 rings (SSSR count). The van der Waals surface area contributed by atoms with Gasteiger partial charge in [0.15, 0.2) is 0 Å². The first-order valence-electron chi connectivity index (χ1n) is 3.76. The molecule has 64 valence electrons. The maximum atomic E-state index is 10.3. The van der Waals surface area contributed by atoms with E-state index in [1.165, 1.54) is 6.42 Å². The van der Waals surface area contributed by atoms with Gasteiger partial charge in [0.1, 0.15) is 0 Å². The minimum Gasteiger partial charge on any atom is -0.480 e.